The molecule has 2 amide bonds. The Balaban J connectivity index is 2.02. The van der Waals surface area contributed by atoms with Gasteiger partial charge in [-0.15, -0.1) is 0 Å². The van der Waals surface area contributed by atoms with Crippen LogP contribution in [0.3, 0.4) is 0 Å². The van der Waals surface area contributed by atoms with Crippen molar-refractivity contribution in [2.75, 3.05) is 12.0 Å². The Morgan fingerprint density at radius 2 is 2.25 bits per heavy atom. The van der Waals surface area contributed by atoms with Gasteiger partial charge in [-0.3, -0.25) is 5.43 Å². The summed E-state index contributed by atoms with van der Waals surface area (Å²) < 4.78 is 1.09. The quantitative estimate of drug-likeness (QED) is 0.713. The maximum absolute atomic E-state index is 11.1. The molecular weight excluding hydrogens is 224 g/mol. The first-order valence-electron chi connectivity index (χ1n) is 4.95. The molecule has 1 aromatic heterocycles. The van der Waals surface area contributed by atoms with Gasteiger partial charge in [0.25, 0.3) is 0 Å². The Morgan fingerprint density at radius 3 is 3.00 bits per heavy atom. The monoisotopic (exact) mass is 236 g/mol. The highest BCUT2D eigenvalue weighted by Gasteiger charge is 2.03. The number of hydrogen-bond acceptors (Lipinski definition) is 4. The fourth-order valence-corrected chi connectivity index (χ4v) is 2.06. The van der Waals surface area contributed by atoms with E-state index in [1.54, 1.807) is 0 Å². The summed E-state index contributed by atoms with van der Waals surface area (Å²) in [4.78, 5) is 15.4. The van der Waals surface area contributed by atoms with E-state index in [0.29, 0.717) is 11.7 Å². The summed E-state index contributed by atoms with van der Waals surface area (Å²) >= 11 is 1.49. The third kappa shape index (κ3) is 2.40. The lowest BCUT2D eigenvalue weighted by molar-refractivity contribution is 0.243. The van der Waals surface area contributed by atoms with Gasteiger partial charge in [0.2, 0.25) is 5.13 Å². The van der Waals surface area contributed by atoms with Gasteiger partial charge in [0, 0.05) is 6.54 Å². The van der Waals surface area contributed by atoms with Gasteiger partial charge in [0.15, 0.2) is 0 Å². The van der Waals surface area contributed by atoms with Gasteiger partial charge in [-0.05, 0) is 19.1 Å². The zero-order valence-corrected chi connectivity index (χ0v) is 9.60. The normalized spacial score (nSPS) is 10.1. The van der Waals surface area contributed by atoms with Crippen LogP contribution in [0, 0.1) is 0 Å². The summed E-state index contributed by atoms with van der Waals surface area (Å²) in [6, 6.07) is 7.56. The molecule has 0 bridgehead atoms. The number of rotatable bonds is 3. The summed E-state index contributed by atoms with van der Waals surface area (Å²) in [5.74, 6) is 0. The number of hydrazine groups is 1. The zero-order chi connectivity index (χ0) is 11.4. The third-order valence-corrected chi connectivity index (χ3v) is 2.87. The Kier molecular flexibility index (Phi) is 3.21. The van der Waals surface area contributed by atoms with Crippen LogP contribution in [0.25, 0.3) is 10.2 Å². The average Bonchev–Trinajstić information content (AvgIpc) is 2.69. The zero-order valence-electron chi connectivity index (χ0n) is 8.78. The molecule has 0 saturated heterocycles. The van der Waals surface area contributed by atoms with Gasteiger partial charge in [-0.2, -0.15) is 0 Å². The van der Waals surface area contributed by atoms with Gasteiger partial charge in [-0.25, -0.2) is 15.2 Å². The number of carbonyl (C=O) groups excluding carboxylic acids is 1. The molecule has 0 aliphatic rings. The van der Waals surface area contributed by atoms with E-state index >= 15 is 0 Å². The number of fused-ring (bicyclic) bond motifs is 1. The minimum atomic E-state index is -0.262. The van der Waals surface area contributed by atoms with Crippen LogP contribution in [0.15, 0.2) is 24.3 Å². The predicted molar refractivity (Wildman–Crippen MR) is 65.5 cm³/mol. The summed E-state index contributed by atoms with van der Waals surface area (Å²) in [5, 5.41) is 3.29. The van der Waals surface area contributed by atoms with Gasteiger partial charge in [0.1, 0.15) is 0 Å². The van der Waals surface area contributed by atoms with Gasteiger partial charge >= 0.3 is 6.03 Å². The van der Waals surface area contributed by atoms with Crippen molar-refractivity contribution >= 4 is 32.7 Å². The Hall–Kier alpha value is -1.82. The number of nitrogens with one attached hydrogen (secondary N) is 3. The molecule has 1 aromatic carbocycles. The van der Waals surface area contributed by atoms with Crippen molar-refractivity contribution in [1.29, 1.82) is 0 Å². The highest BCUT2D eigenvalue weighted by molar-refractivity contribution is 7.22. The Morgan fingerprint density at radius 1 is 1.44 bits per heavy atom. The van der Waals surface area contributed by atoms with E-state index in [0.717, 1.165) is 10.2 Å². The van der Waals surface area contributed by atoms with E-state index in [1.165, 1.54) is 11.3 Å². The number of nitrogens with zero attached hydrogens (tertiary/aromatic N) is 1. The smallest absolute Gasteiger partial charge is 0.333 e. The minimum Gasteiger partial charge on any atom is -0.337 e. The maximum Gasteiger partial charge on any atom is 0.333 e. The topological polar surface area (TPSA) is 66.1 Å². The van der Waals surface area contributed by atoms with Crippen molar-refractivity contribution in [3.63, 3.8) is 0 Å². The second kappa shape index (κ2) is 4.80. The van der Waals surface area contributed by atoms with Crippen LogP contribution in [0.5, 0.6) is 0 Å². The Labute approximate surface area is 96.8 Å². The molecule has 16 heavy (non-hydrogen) atoms. The summed E-state index contributed by atoms with van der Waals surface area (Å²) in [7, 11) is 0. The fraction of sp³-hybridized carbons (Fsp3) is 0.200. The van der Waals surface area contributed by atoms with E-state index in [-0.39, 0.29) is 6.03 Å². The summed E-state index contributed by atoms with van der Waals surface area (Å²) in [6.07, 6.45) is 0. The molecule has 3 N–H and O–H groups in total. The van der Waals surface area contributed by atoms with Crippen molar-refractivity contribution in [3.05, 3.63) is 24.3 Å². The fourth-order valence-electron chi connectivity index (χ4n) is 1.24. The number of thiazole rings is 1. The molecule has 84 valence electrons. The molecule has 1 heterocycles. The van der Waals surface area contributed by atoms with E-state index < -0.39 is 0 Å². The number of benzene rings is 1. The first-order valence-corrected chi connectivity index (χ1v) is 5.76. The van der Waals surface area contributed by atoms with Crippen molar-refractivity contribution in [1.82, 2.24) is 15.7 Å². The second-order valence-electron chi connectivity index (χ2n) is 3.10. The summed E-state index contributed by atoms with van der Waals surface area (Å²) in [5.41, 5.74) is 6.20. The number of urea groups is 1. The van der Waals surface area contributed by atoms with Gasteiger partial charge in [0.05, 0.1) is 10.2 Å². The molecule has 0 aliphatic heterocycles. The van der Waals surface area contributed by atoms with Crippen LogP contribution in [0.1, 0.15) is 6.92 Å². The molecule has 0 saturated carbocycles. The van der Waals surface area contributed by atoms with Crippen molar-refractivity contribution in [2.45, 2.75) is 6.92 Å². The molecule has 0 aliphatic carbocycles. The van der Waals surface area contributed by atoms with E-state index in [9.17, 15) is 4.79 Å². The largest absolute Gasteiger partial charge is 0.337 e. The van der Waals surface area contributed by atoms with Crippen LogP contribution in [-0.4, -0.2) is 17.6 Å². The first kappa shape index (κ1) is 10.7. The van der Waals surface area contributed by atoms with Crippen LogP contribution < -0.4 is 16.2 Å². The molecule has 6 heteroatoms. The number of aromatic nitrogens is 1. The van der Waals surface area contributed by atoms with Gasteiger partial charge in [-0.1, -0.05) is 23.5 Å². The molecule has 2 aromatic rings. The number of amides is 2. The van der Waals surface area contributed by atoms with Gasteiger partial charge < -0.3 is 5.32 Å². The molecule has 0 radical (unpaired) electrons. The van der Waals surface area contributed by atoms with Crippen molar-refractivity contribution in [3.8, 4) is 0 Å². The van der Waals surface area contributed by atoms with E-state index in [2.05, 4.69) is 21.2 Å². The molecular formula is C10H12N4OS. The molecule has 5 nitrogen and oxygen atoms in total. The van der Waals surface area contributed by atoms with Crippen molar-refractivity contribution < 1.29 is 4.79 Å². The SMILES string of the molecule is CCNC(=O)NNc1nc2ccccc2s1. The maximum atomic E-state index is 11.1. The van der Waals surface area contributed by atoms with Crippen LogP contribution >= 0.6 is 11.3 Å². The highest BCUT2D eigenvalue weighted by Crippen LogP contribution is 2.24. The number of carbonyl (C=O) groups is 1. The molecule has 0 fully saturated rings. The predicted octanol–water partition coefficient (Wildman–Crippen LogP) is 1.94. The molecule has 0 spiro atoms. The van der Waals surface area contributed by atoms with Crippen LogP contribution in [-0.2, 0) is 0 Å². The number of anilines is 1. The molecule has 2 rings (SSSR count). The van der Waals surface area contributed by atoms with Crippen molar-refractivity contribution in [2.24, 2.45) is 0 Å². The van der Waals surface area contributed by atoms with Crippen LogP contribution in [0.4, 0.5) is 9.93 Å². The lowest BCUT2D eigenvalue weighted by Gasteiger charge is -2.04. The minimum absolute atomic E-state index is 0.262. The lowest BCUT2D eigenvalue weighted by atomic mass is 10.3. The summed E-state index contributed by atoms with van der Waals surface area (Å²) in [6.45, 7) is 2.45. The Bertz CT molecular complexity index is 463. The third-order valence-electron chi connectivity index (χ3n) is 1.91. The standard InChI is InChI=1S/C10H12N4OS/c1-2-11-9(15)13-14-10-12-7-5-3-4-6-8(7)16-10/h3-6H,2H2,1H3,(H,12,14)(H2,11,13,15). The highest BCUT2D eigenvalue weighted by atomic mass is 32.1. The molecule has 0 atom stereocenters. The second-order valence-corrected chi connectivity index (χ2v) is 4.13. The first-order chi connectivity index (χ1) is 7.79. The lowest BCUT2D eigenvalue weighted by Crippen LogP contribution is -2.38. The molecule has 0 unspecified atom stereocenters. The van der Waals surface area contributed by atoms with E-state index in [1.807, 2.05) is 31.2 Å². The van der Waals surface area contributed by atoms with E-state index in [4.69, 9.17) is 0 Å². The average molecular weight is 236 g/mol. The van der Waals surface area contributed by atoms with Crippen LogP contribution in [0.2, 0.25) is 0 Å². The number of hydrogen-bond donors (Lipinski definition) is 3. The number of para-hydroxylation sites is 1.